The molecule has 2 heterocycles. The third-order valence-electron chi connectivity index (χ3n) is 4.07. The second-order valence-corrected chi connectivity index (χ2v) is 7.33. The fraction of sp³-hybridized carbons (Fsp3) is 0.733. The fourth-order valence-electron chi connectivity index (χ4n) is 3.07. The summed E-state index contributed by atoms with van der Waals surface area (Å²) in [5, 5.41) is 9.90. The topological polar surface area (TPSA) is 75.2 Å². The minimum absolute atomic E-state index is 0.0343. The highest BCUT2D eigenvalue weighted by Gasteiger charge is 2.47. The molecular formula is C15H24N2O3. The summed E-state index contributed by atoms with van der Waals surface area (Å²) >= 11 is 0. The van der Waals surface area contributed by atoms with Crippen LogP contribution in [0.3, 0.4) is 0 Å². The Hall–Kier alpha value is -1.20. The van der Waals surface area contributed by atoms with Gasteiger partial charge in [-0.25, -0.2) is 4.98 Å². The number of hydrogen-bond acceptors (Lipinski definition) is 4. The van der Waals surface area contributed by atoms with Gasteiger partial charge in [-0.05, 0) is 11.8 Å². The lowest BCUT2D eigenvalue weighted by molar-refractivity contribution is -0.203. The SMILES string of the molecule is CC1(C)CC(C(c2cnc[nH]2)C(C)(C)C)O[C@@H](O)C1=O. The predicted molar refractivity (Wildman–Crippen MR) is 75.1 cm³/mol. The molecule has 112 valence electrons. The molecule has 1 aromatic heterocycles. The number of imidazole rings is 1. The maximum Gasteiger partial charge on any atom is 0.216 e. The highest BCUT2D eigenvalue weighted by molar-refractivity contribution is 5.87. The van der Waals surface area contributed by atoms with Crippen LogP contribution in [0.1, 0.15) is 52.7 Å². The van der Waals surface area contributed by atoms with Gasteiger partial charge in [-0.15, -0.1) is 0 Å². The van der Waals surface area contributed by atoms with Crippen LogP contribution in [0.15, 0.2) is 12.5 Å². The average Bonchev–Trinajstić information content (AvgIpc) is 2.77. The number of aromatic nitrogens is 2. The van der Waals surface area contributed by atoms with Crippen LogP contribution in [-0.4, -0.2) is 33.3 Å². The van der Waals surface area contributed by atoms with E-state index >= 15 is 0 Å². The van der Waals surface area contributed by atoms with Gasteiger partial charge >= 0.3 is 0 Å². The van der Waals surface area contributed by atoms with Gasteiger partial charge in [0.05, 0.1) is 12.4 Å². The number of aliphatic hydroxyl groups is 1. The van der Waals surface area contributed by atoms with E-state index in [4.69, 9.17) is 4.74 Å². The van der Waals surface area contributed by atoms with E-state index in [0.29, 0.717) is 6.42 Å². The van der Waals surface area contributed by atoms with Crippen LogP contribution in [0.5, 0.6) is 0 Å². The normalized spacial score (nSPS) is 28.4. The van der Waals surface area contributed by atoms with Gasteiger partial charge in [0, 0.05) is 23.2 Å². The Bertz CT molecular complexity index is 474. The number of nitrogens with zero attached hydrogens (tertiary/aromatic N) is 1. The smallest absolute Gasteiger partial charge is 0.216 e. The van der Waals surface area contributed by atoms with Crippen molar-refractivity contribution in [3.63, 3.8) is 0 Å². The number of H-pyrrole nitrogens is 1. The molecule has 1 saturated heterocycles. The van der Waals surface area contributed by atoms with Gasteiger partial charge < -0.3 is 14.8 Å². The Balaban J connectivity index is 2.34. The van der Waals surface area contributed by atoms with Crippen molar-refractivity contribution < 1.29 is 14.6 Å². The van der Waals surface area contributed by atoms with Crippen molar-refractivity contribution in [1.29, 1.82) is 0 Å². The minimum Gasteiger partial charge on any atom is -0.362 e. The number of aliphatic hydroxyl groups excluding tert-OH is 1. The standard InChI is InChI=1S/C15H24N2O3/c1-14(2,3)11(9-7-16-8-17-9)10-6-15(4,5)12(18)13(19)20-10/h7-8,10-11,13,19H,6H2,1-5H3,(H,16,17)/t10?,11?,13-/m1/s1. The molecule has 0 amide bonds. The molecule has 5 nitrogen and oxygen atoms in total. The number of Topliss-reactive ketones (excluding diaryl/α,β-unsaturated/α-hetero) is 1. The summed E-state index contributed by atoms with van der Waals surface area (Å²) in [5.41, 5.74) is 0.319. The van der Waals surface area contributed by atoms with Crippen molar-refractivity contribution >= 4 is 5.78 Å². The maximum absolute atomic E-state index is 12.0. The quantitative estimate of drug-likeness (QED) is 0.871. The van der Waals surface area contributed by atoms with Crippen molar-refractivity contribution in [1.82, 2.24) is 9.97 Å². The monoisotopic (exact) mass is 280 g/mol. The number of ketones is 1. The van der Waals surface area contributed by atoms with Crippen LogP contribution in [0.4, 0.5) is 0 Å². The molecule has 0 aromatic carbocycles. The summed E-state index contributed by atoms with van der Waals surface area (Å²) in [6.07, 6.45) is 2.46. The molecule has 0 bridgehead atoms. The lowest BCUT2D eigenvalue weighted by Gasteiger charge is -2.44. The van der Waals surface area contributed by atoms with Crippen molar-refractivity contribution in [3.05, 3.63) is 18.2 Å². The second kappa shape index (κ2) is 4.97. The predicted octanol–water partition coefficient (Wildman–Crippen LogP) is 2.24. The molecule has 3 atom stereocenters. The first-order valence-electron chi connectivity index (χ1n) is 6.99. The van der Waals surface area contributed by atoms with Crippen LogP contribution in [0.25, 0.3) is 0 Å². The van der Waals surface area contributed by atoms with E-state index in [1.165, 1.54) is 0 Å². The first-order valence-corrected chi connectivity index (χ1v) is 6.99. The third kappa shape index (κ3) is 2.79. The summed E-state index contributed by atoms with van der Waals surface area (Å²) < 4.78 is 5.60. The van der Waals surface area contributed by atoms with Gasteiger partial charge in [0.2, 0.25) is 6.29 Å². The molecule has 1 aliphatic heterocycles. The molecule has 20 heavy (non-hydrogen) atoms. The maximum atomic E-state index is 12.0. The number of carbonyl (C=O) groups excluding carboxylic acids is 1. The van der Waals surface area contributed by atoms with Crippen LogP contribution in [0.2, 0.25) is 0 Å². The Morgan fingerprint density at radius 1 is 1.50 bits per heavy atom. The number of ether oxygens (including phenoxy) is 1. The average molecular weight is 280 g/mol. The molecule has 0 spiro atoms. The summed E-state index contributed by atoms with van der Waals surface area (Å²) in [4.78, 5) is 19.2. The zero-order valence-corrected chi connectivity index (χ0v) is 12.8. The number of rotatable bonds is 2. The first-order chi connectivity index (χ1) is 9.13. The van der Waals surface area contributed by atoms with Gasteiger partial charge in [0.15, 0.2) is 5.78 Å². The number of carbonyl (C=O) groups is 1. The third-order valence-corrected chi connectivity index (χ3v) is 4.07. The van der Waals surface area contributed by atoms with Gasteiger partial charge in [-0.1, -0.05) is 34.6 Å². The van der Waals surface area contributed by atoms with Gasteiger partial charge in [-0.2, -0.15) is 0 Å². The van der Waals surface area contributed by atoms with Gasteiger partial charge in [0.25, 0.3) is 0 Å². The zero-order chi connectivity index (χ0) is 15.1. The molecule has 1 fully saturated rings. The lowest BCUT2D eigenvalue weighted by atomic mass is 9.69. The minimum atomic E-state index is -1.34. The zero-order valence-electron chi connectivity index (χ0n) is 12.8. The van der Waals surface area contributed by atoms with Crippen LogP contribution in [-0.2, 0) is 9.53 Å². The molecule has 2 N–H and O–H groups in total. The molecule has 0 radical (unpaired) electrons. The van der Waals surface area contributed by atoms with Crippen molar-refractivity contribution in [2.45, 2.75) is 59.4 Å². The van der Waals surface area contributed by atoms with E-state index in [-0.39, 0.29) is 23.2 Å². The molecule has 0 aliphatic carbocycles. The molecular weight excluding hydrogens is 256 g/mol. The molecule has 2 rings (SSSR count). The summed E-state index contributed by atoms with van der Waals surface area (Å²) in [7, 11) is 0. The van der Waals surface area contributed by atoms with Crippen LogP contribution < -0.4 is 0 Å². The molecule has 5 heteroatoms. The second-order valence-electron chi connectivity index (χ2n) is 7.33. The largest absolute Gasteiger partial charge is 0.362 e. The summed E-state index contributed by atoms with van der Waals surface area (Å²) in [6, 6.07) is 0. The van der Waals surface area contributed by atoms with Gasteiger partial charge in [-0.3, -0.25) is 4.79 Å². The van der Waals surface area contributed by atoms with Gasteiger partial charge in [0.1, 0.15) is 0 Å². The number of aromatic amines is 1. The van der Waals surface area contributed by atoms with Crippen molar-refractivity contribution in [2.24, 2.45) is 10.8 Å². The van der Waals surface area contributed by atoms with E-state index in [1.807, 2.05) is 13.8 Å². The van der Waals surface area contributed by atoms with Crippen molar-refractivity contribution in [3.8, 4) is 0 Å². The molecule has 0 saturated carbocycles. The Kier molecular flexibility index (Phi) is 3.77. The number of hydrogen-bond donors (Lipinski definition) is 2. The molecule has 1 aromatic rings. The van der Waals surface area contributed by atoms with Crippen LogP contribution >= 0.6 is 0 Å². The number of nitrogens with one attached hydrogen (secondary N) is 1. The lowest BCUT2D eigenvalue weighted by Crippen LogP contribution is -2.50. The van der Waals surface area contributed by atoms with E-state index < -0.39 is 11.7 Å². The Morgan fingerprint density at radius 3 is 2.60 bits per heavy atom. The van der Waals surface area contributed by atoms with E-state index in [0.717, 1.165) is 5.69 Å². The molecule has 1 aliphatic rings. The molecule has 2 unspecified atom stereocenters. The highest BCUT2D eigenvalue weighted by atomic mass is 16.6. The Labute approximate surface area is 119 Å². The van der Waals surface area contributed by atoms with E-state index in [9.17, 15) is 9.90 Å². The first kappa shape index (κ1) is 15.2. The fourth-order valence-corrected chi connectivity index (χ4v) is 3.07. The summed E-state index contributed by atoms with van der Waals surface area (Å²) in [6.45, 7) is 10.1. The van der Waals surface area contributed by atoms with Crippen LogP contribution in [0, 0.1) is 10.8 Å². The van der Waals surface area contributed by atoms with Crippen molar-refractivity contribution in [2.75, 3.05) is 0 Å². The summed E-state index contributed by atoms with van der Waals surface area (Å²) in [5.74, 6) is -0.210. The van der Waals surface area contributed by atoms with E-state index in [1.54, 1.807) is 12.5 Å². The highest BCUT2D eigenvalue weighted by Crippen LogP contribution is 2.45. The Morgan fingerprint density at radius 2 is 2.15 bits per heavy atom. The van der Waals surface area contributed by atoms with E-state index in [2.05, 4.69) is 30.7 Å².